The molecular weight excluding hydrogens is 224 g/mol. The summed E-state index contributed by atoms with van der Waals surface area (Å²) in [7, 11) is 3.03. The molecule has 0 aromatic rings. The average molecular weight is 246 g/mol. The van der Waals surface area contributed by atoms with Crippen molar-refractivity contribution in [2.24, 2.45) is 5.73 Å². The first kappa shape index (κ1) is 15.9. The zero-order chi connectivity index (χ0) is 13.6. The van der Waals surface area contributed by atoms with Crippen molar-refractivity contribution in [1.82, 2.24) is 4.90 Å². The first-order valence-electron chi connectivity index (χ1n) is 5.50. The van der Waals surface area contributed by atoms with Gasteiger partial charge in [0, 0.05) is 20.8 Å². The Balaban J connectivity index is 4.44. The lowest BCUT2D eigenvalue weighted by Crippen LogP contribution is -2.55. The van der Waals surface area contributed by atoms with Gasteiger partial charge in [0.25, 0.3) is 0 Å². The highest BCUT2D eigenvalue weighted by Gasteiger charge is 2.36. The second kappa shape index (κ2) is 6.56. The van der Waals surface area contributed by atoms with Gasteiger partial charge < -0.3 is 20.5 Å². The zero-order valence-corrected chi connectivity index (χ0v) is 10.9. The molecule has 17 heavy (non-hydrogen) atoms. The van der Waals surface area contributed by atoms with Crippen molar-refractivity contribution in [1.29, 1.82) is 0 Å². The predicted octanol–water partition coefficient (Wildman–Crippen LogP) is 0.0619. The van der Waals surface area contributed by atoms with Gasteiger partial charge >= 0.3 is 5.97 Å². The third-order valence-electron chi connectivity index (χ3n) is 2.87. The third-order valence-corrected chi connectivity index (χ3v) is 2.87. The molecule has 0 rings (SSSR count). The van der Waals surface area contributed by atoms with Crippen molar-refractivity contribution >= 4 is 11.9 Å². The van der Waals surface area contributed by atoms with E-state index >= 15 is 0 Å². The van der Waals surface area contributed by atoms with Gasteiger partial charge in [0.2, 0.25) is 5.91 Å². The normalized spacial score (nSPS) is 13.2. The zero-order valence-electron chi connectivity index (χ0n) is 10.9. The smallest absolute Gasteiger partial charge is 0.329 e. The Morgan fingerprint density at radius 2 is 2.00 bits per heavy atom. The van der Waals surface area contributed by atoms with Gasteiger partial charge in [-0.3, -0.25) is 4.79 Å². The number of nitrogens with zero attached hydrogens (tertiary/aromatic N) is 1. The molecule has 0 aromatic heterocycles. The van der Waals surface area contributed by atoms with Crippen LogP contribution in [0.4, 0.5) is 0 Å². The van der Waals surface area contributed by atoms with E-state index in [0.717, 1.165) is 0 Å². The molecule has 0 aliphatic rings. The van der Waals surface area contributed by atoms with Crippen LogP contribution < -0.4 is 5.73 Å². The van der Waals surface area contributed by atoms with Crippen LogP contribution in [0.15, 0.2) is 0 Å². The van der Waals surface area contributed by atoms with E-state index < -0.39 is 17.6 Å². The molecule has 0 aromatic carbocycles. The van der Waals surface area contributed by atoms with Crippen LogP contribution >= 0.6 is 0 Å². The number of amides is 1. The number of nitrogens with two attached hydrogens (primary N) is 1. The SMILES string of the molecule is COCCCC(N)C(=O)N(C)C(C)(C)C(=O)O. The fourth-order valence-corrected chi connectivity index (χ4v) is 1.24. The monoisotopic (exact) mass is 246 g/mol. The van der Waals surface area contributed by atoms with Gasteiger partial charge in [-0.15, -0.1) is 0 Å². The quantitative estimate of drug-likeness (QED) is 0.620. The molecule has 1 unspecified atom stereocenters. The van der Waals surface area contributed by atoms with Crippen LogP contribution in [-0.4, -0.2) is 54.2 Å². The number of carbonyl (C=O) groups excluding carboxylic acids is 1. The summed E-state index contributed by atoms with van der Waals surface area (Å²) >= 11 is 0. The molecule has 1 amide bonds. The number of carboxylic acid groups (broad SMARTS) is 1. The molecule has 0 saturated heterocycles. The summed E-state index contributed by atoms with van der Waals surface area (Å²) < 4.78 is 4.86. The van der Waals surface area contributed by atoms with Crippen LogP contribution in [0.5, 0.6) is 0 Å². The van der Waals surface area contributed by atoms with Gasteiger partial charge in [0.05, 0.1) is 6.04 Å². The van der Waals surface area contributed by atoms with E-state index in [1.165, 1.54) is 25.8 Å². The van der Waals surface area contributed by atoms with Gasteiger partial charge in [-0.2, -0.15) is 0 Å². The summed E-state index contributed by atoms with van der Waals surface area (Å²) in [5, 5.41) is 9.00. The summed E-state index contributed by atoms with van der Waals surface area (Å²) in [6.45, 7) is 3.47. The molecule has 1 atom stereocenters. The number of ether oxygens (including phenoxy) is 1. The summed E-state index contributed by atoms with van der Waals surface area (Å²) in [4.78, 5) is 24.1. The van der Waals surface area contributed by atoms with Crippen molar-refractivity contribution in [3.63, 3.8) is 0 Å². The number of rotatable bonds is 7. The van der Waals surface area contributed by atoms with E-state index in [1.807, 2.05) is 0 Å². The van der Waals surface area contributed by atoms with Gasteiger partial charge in [-0.25, -0.2) is 4.79 Å². The van der Waals surface area contributed by atoms with Gasteiger partial charge in [0.1, 0.15) is 5.54 Å². The van der Waals surface area contributed by atoms with Crippen molar-refractivity contribution in [3.05, 3.63) is 0 Å². The second-order valence-electron chi connectivity index (χ2n) is 4.50. The molecule has 0 heterocycles. The molecule has 3 N–H and O–H groups in total. The number of likely N-dealkylation sites (N-methyl/N-ethyl adjacent to an activating group) is 1. The van der Waals surface area contributed by atoms with Crippen LogP contribution in [0, 0.1) is 0 Å². The number of hydrogen-bond donors (Lipinski definition) is 2. The number of methoxy groups -OCH3 is 1. The maximum absolute atomic E-state index is 11.9. The lowest BCUT2D eigenvalue weighted by molar-refractivity contribution is -0.155. The van der Waals surface area contributed by atoms with E-state index in [4.69, 9.17) is 15.6 Å². The molecule has 100 valence electrons. The molecular formula is C11H22N2O4. The molecule has 0 spiro atoms. The van der Waals surface area contributed by atoms with E-state index in [9.17, 15) is 9.59 Å². The first-order valence-corrected chi connectivity index (χ1v) is 5.50. The van der Waals surface area contributed by atoms with Crippen molar-refractivity contribution in [2.45, 2.75) is 38.3 Å². The molecule has 0 radical (unpaired) electrons. The third kappa shape index (κ3) is 4.32. The van der Waals surface area contributed by atoms with Gasteiger partial charge in [-0.1, -0.05) is 0 Å². The maximum Gasteiger partial charge on any atom is 0.329 e. The summed E-state index contributed by atoms with van der Waals surface area (Å²) in [6.07, 6.45) is 1.15. The second-order valence-corrected chi connectivity index (χ2v) is 4.50. The Morgan fingerprint density at radius 3 is 2.41 bits per heavy atom. The van der Waals surface area contributed by atoms with Gasteiger partial charge in [0.15, 0.2) is 0 Å². The molecule has 0 aliphatic carbocycles. The van der Waals surface area contributed by atoms with Crippen LogP contribution in [0.2, 0.25) is 0 Å². The minimum absolute atomic E-state index is 0.367. The van der Waals surface area contributed by atoms with Crippen LogP contribution in [0.25, 0.3) is 0 Å². The minimum atomic E-state index is -1.25. The summed E-state index contributed by atoms with van der Waals surface area (Å²) in [5.41, 5.74) is 4.46. The topological polar surface area (TPSA) is 92.9 Å². The number of carbonyl (C=O) groups is 2. The molecule has 0 bridgehead atoms. The van der Waals surface area contributed by atoms with Gasteiger partial charge in [-0.05, 0) is 26.7 Å². The Labute approximate surface area is 102 Å². The van der Waals surface area contributed by atoms with E-state index in [-0.39, 0.29) is 5.91 Å². The molecule has 0 aliphatic heterocycles. The Morgan fingerprint density at radius 1 is 1.47 bits per heavy atom. The fraction of sp³-hybridized carbons (Fsp3) is 0.818. The minimum Gasteiger partial charge on any atom is -0.480 e. The average Bonchev–Trinajstić information content (AvgIpc) is 2.26. The summed E-state index contributed by atoms with van der Waals surface area (Å²) in [5.74, 6) is -1.43. The largest absolute Gasteiger partial charge is 0.480 e. The molecule has 6 heteroatoms. The Kier molecular flexibility index (Phi) is 6.12. The highest BCUT2D eigenvalue weighted by Crippen LogP contribution is 2.14. The molecule has 0 saturated carbocycles. The van der Waals surface area contributed by atoms with E-state index in [1.54, 1.807) is 7.11 Å². The van der Waals surface area contributed by atoms with E-state index in [0.29, 0.717) is 19.4 Å². The van der Waals surface area contributed by atoms with E-state index in [2.05, 4.69) is 0 Å². The molecule has 0 fully saturated rings. The van der Waals surface area contributed by atoms with Crippen LogP contribution in [0.1, 0.15) is 26.7 Å². The predicted molar refractivity (Wildman–Crippen MR) is 63.6 cm³/mol. The van der Waals surface area contributed by atoms with Crippen molar-refractivity contribution < 1.29 is 19.4 Å². The van der Waals surface area contributed by atoms with Crippen LogP contribution in [-0.2, 0) is 14.3 Å². The fourth-order valence-electron chi connectivity index (χ4n) is 1.24. The first-order chi connectivity index (χ1) is 7.75. The number of hydrogen-bond acceptors (Lipinski definition) is 4. The highest BCUT2D eigenvalue weighted by molar-refractivity contribution is 5.88. The Hall–Kier alpha value is -1.14. The maximum atomic E-state index is 11.9. The summed E-state index contributed by atoms with van der Waals surface area (Å²) in [6, 6.07) is -0.686. The number of carboxylic acids is 1. The standard InChI is InChI=1S/C11H22N2O4/c1-11(2,10(15)16)13(3)9(14)8(12)6-5-7-17-4/h8H,5-7,12H2,1-4H3,(H,15,16). The molecule has 6 nitrogen and oxygen atoms in total. The van der Waals surface area contributed by atoms with Crippen LogP contribution in [0.3, 0.4) is 0 Å². The van der Waals surface area contributed by atoms with Crippen molar-refractivity contribution in [3.8, 4) is 0 Å². The Bertz CT molecular complexity index is 279. The van der Waals surface area contributed by atoms with Crippen molar-refractivity contribution in [2.75, 3.05) is 20.8 Å². The highest BCUT2D eigenvalue weighted by atomic mass is 16.5. The lowest BCUT2D eigenvalue weighted by Gasteiger charge is -2.33. The lowest BCUT2D eigenvalue weighted by atomic mass is 10.0. The number of aliphatic carboxylic acids is 1.